The molecule has 0 aliphatic carbocycles. The van der Waals surface area contributed by atoms with E-state index in [1.807, 2.05) is 0 Å². The average molecular weight is 282 g/mol. The number of nitrogens with one attached hydrogen (secondary N) is 2. The van der Waals surface area contributed by atoms with Crippen molar-refractivity contribution in [1.29, 1.82) is 0 Å². The van der Waals surface area contributed by atoms with Gasteiger partial charge in [-0.1, -0.05) is 6.92 Å². The summed E-state index contributed by atoms with van der Waals surface area (Å²) < 4.78 is 5.95. The Labute approximate surface area is 123 Å². The third-order valence-electron chi connectivity index (χ3n) is 4.25. The minimum absolute atomic E-state index is 0.247. The highest BCUT2D eigenvalue weighted by molar-refractivity contribution is 5.80. The van der Waals surface area contributed by atoms with Crippen molar-refractivity contribution in [3.05, 3.63) is 0 Å². The van der Waals surface area contributed by atoms with E-state index in [2.05, 4.69) is 41.3 Å². The molecule has 2 rings (SSSR count). The van der Waals surface area contributed by atoms with E-state index in [1.54, 1.807) is 0 Å². The molecule has 2 aliphatic rings. The number of guanidine groups is 1. The Morgan fingerprint density at radius 2 is 2.30 bits per heavy atom. The van der Waals surface area contributed by atoms with E-state index >= 15 is 0 Å². The molecule has 2 saturated heterocycles. The quantitative estimate of drug-likeness (QED) is 0.588. The Balaban J connectivity index is 1.82. The number of rotatable bonds is 5. The topological polar surface area (TPSA) is 48.9 Å². The van der Waals surface area contributed by atoms with Crippen LogP contribution in [0.5, 0.6) is 0 Å². The van der Waals surface area contributed by atoms with Crippen LogP contribution in [0.2, 0.25) is 0 Å². The lowest BCUT2D eigenvalue weighted by Crippen LogP contribution is -2.48. The fourth-order valence-electron chi connectivity index (χ4n) is 2.84. The molecule has 0 saturated carbocycles. The lowest BCUT2D eigenvalue weighted by Gasteiger charge is -2.34. The number of nitrogens with zero attached hydrogens (tertiary/aromatic N) is 2. The smallest absolute Gasteiger partial charge is 0.191 e. The first-order valence-electron chi connectivity index (χ1n) is 8.13. The van der Waals surface area contributed by atoms with Crippen molar-refractivity contribution in [3.8, 4) is 0 Å². The molecule has 0 aromatic heterocycles. The fraction of sp³-hybridized carbons (Fsp3) is 0.933. The van der Waals surface area contributed by atoms with Gasteiger partial charge in [0.2, 0.25) is 0 Å². The van der Waals surface area contributed by atoms with Crippen LogP contribution < -0.4 is 10.6 Å². The molecule has 2 heterocycles. The number of fused-ring (bicyclic) bond motifs is 1. The number of hydrogen-bond donors (Lipinski definition) is 2. The van der Waals surface area contributed by atoms with Gasteiger partial charge in [0.15, 0.2) is 5.96 Å². The molecule has 0 aromatic carbocycles. The monoisotopic (exact) mass is 282 g/mol. The van der Waals surface area contributed by atoms with E-state index in [-0.39, 0.29) is 6.10 Å². The molecule has 20 heavy (non-hydrogen) atoms. The summed E-state index contributed by atoms with van der Waals surface area (Å²) in [6, 6.07) is 1.12. The molecule has 0 radical (unpaired) electrons. The van der Waals surface area contributed by atoms with E-state index in [9.17, 15) is 0 Å². The van der Waals surface area contributed by atoms with Crippen molar-refractivity contribution in [1.82, 2.24) is 15.5 Å². The zero-order chi connectivity index (χ0) is 14.4. The van der Waals surface area contributed by atoms with Crippen LogP contribution in [0.1, 0.15) is 40.0 Å². The summed E-state index contributed by atoms with van der Waals surface area (Å²) in [5.74, 6) is 0.911. The number of hydrogen-bond acceptors (Lipinski definition) is 3. The predicted octanol–water partition coefficient (Wildman–Crippen LogP) is 1.20. The van der Waals surface area contributed by atoms with Gasteiger partial charge in [-0.05, 0) is 39.7 Å². The maximum absolute atomic E-state index is 5.95. The second-order valence-corrected chi connectivity index (χ2v) is 5.92. The Bertz CT molecular complexity index is 321. The molecule has 5 heteroatoms. The molecule has 2 aliphatic heterocycles. The summed E-state index contributed by atoms with van der Waals surface area (Å²) in [5, 5.41) is 6.73. The van der Waals surface area contributed by atoms with Crippen LogP contribution in [-0.2, 0) is 4.74 Å². The normalized spacial score (nSPS) is 29.1. The van der Waals surface area contributed by atoms with Crippen molar-refractivity contribution in [2.45, 2.75) is 58.2 Å². The Kier molecular flexibility index (Phi) is 6.10. The summed E-state index contributed by atoms with van der Waals surface area (Å²) in [6.07, 6.45) is 3.97. The van der Waals surface area contributed by atoms with Crippen LogP contribution in [0.15, 0.2) is 4.99 Å². The third-order valence-corrected chi connectivity index (χ3v) is 4.25. The largest absolute Gasteiger partial charge is 0.373 e. The second-order valence-electron chi connectivity index (χ2n) is 5.92. The van der Waals surface area contributed by atoms with Crippen LogP contribution in [-0.4, -0.2) is 61.8 Å². The molecule has 2 N–H and O–H groups in total. The summed E-state index contributed by atoms with van der Waals surface area (Å²) in [6.45, 7) is 11.3. The molecule has 0 spiro atoms. The summed E-state index contributed by atoms with van der Waals surface area (Å²) in [5.41, 5.74) is 0. The van der Waals surface area contributed by atoms with Gasteiger partial charge < -0.3 is 15.4 Å². The minimum Gasteiger partial charge on any atom is -0.373 e. The highest BCUT2D eigenvalue weighted by atomic mass is 16.5. The van der Waals surface area contributed by atoms with Crippen LogP contribution >= 0.6 is 0 Å². The first-order valence-corrected chi connectivity index (χ1v) is 8.13. The van der Waals surface area contributed by atoms with Crippen LogP contribution in [0.25, 0.3) is 0 Å². The van der Waals surface area contributed by atoms with Gasteiger partial charge >= 0.3 is 0 Å². The van der Waals surface area contributed by atoms with Crippen molar-refractivity contribution >= 4 is 5.96 Å². The zero-order valence-corrected chi connectivity index (χ0v) is 13.2. The highest BCUT2D eigenvalue weighted by Gasteiger charge is 2.31. The van der Waals surface area contributed by atoms with E-state index < -0.39 is 0 Å². The first-order chi connectivity index (χ1) is 9.72. The third kappa shape index (κ3) is 4.35. The molecular weight excluding hydrogens is 252 g/mol. The summed E-state index contributed by atoms with van der Waals surface area (Å²) >= 11 is 0. The van der Waals surface area contributed by atoms with Crippen LogP contribution in [0.4, 0.5) is 0 Å². The Morgan fingerprint density at radius 3 is 3.05 bits per heavy atom. The lowest BCUT2D eigenvalue weighted by atomic mass is 10.2. The van der Waals surface area contributed by atoms with E-state index in [1.165, 1.54) is 19.4 Å². The number of ether oxygens (including phenoxy) is 1. The fourth-order valence-corrected chi connectivity index (χ4v) is 2.84. The van der Waals surface area contributed by atoms with Crippen LogP contribution in [0, 0.1) is 0 Å². The molecule has 0 amide bonds. The Morgan fingerprint density at radius 1 is 1.45 bits per heavy atom. The maximum Gasteiger partial charge on any atom is 0.191 e. The van der Waals surface area contributed by atoms with Gasteiger partial charge in [0.25, 0.3) is 0 Å². The number of morpholine rings is 1. The molecule has 2 fully saturated rings. The van der Waals surface area contributed by atoms with Crippen molar-refractivity contribution in [3.63, 3.8) is 0 Å². The van der Waals surface area contributed by atoms with Gasteiger partial charge in [-0.2, -0.15) is 0 Å². The molecular formula is C15H30N4O. The van der Waals surface area contributed by atoms with Gasteiger partial charge in [-0.3, -0.25) is 9.89 Å². The molecule has 0 bridgehead atoms. The molecule has 3 unspecified atom stereocenters. The van der Waals surface area contributed by atoms with Crippen LogP contribution in [0.3, 0.4) is 0 Å². The van der Waals surface area contributed by atoms with Crippen molar-refractivity contribution in [2.24, 2.45) is 4.99 Å². The molecule has 3 atom stereocenters. The van der Waals surface area contributed by atoms with Gasteiger partial charge in [0.05, 0.1) is 19.3 Å². The van der Waals surface area contributed by atoms with Gasteiger partial charge in [-0.15, -0.1) is 0 Å². The van der Waals surface area contributed by atoms with E-state index in [4.69, 9.17) is 4.74 Å². The van der Waals surface area contributed by atoms with Gasteiger partial charge in [0, 0.05) is 25.2 Å². The number of aliphatic imine (C=N–C) groups is 1. The standard InChI is InChI=1S/C15H30N4O/c1-4-12(3)18-15(16-5-2)17-9-14-10-19-8-6-7-13(19)11-20-14/h12-14H,4-11H2,1-3H3,(H2,16,17,18). The minimum atomic E-state index is 0.247. The zero-order valence-electron chi connectivity index (χ0n) is 13.2. The highest BCUT2D eigenvalue weighted by Crippen LogP contribution is 2.22. The maximum atomic E-state index is 5.95. The average Bonchev–Trinajstić information content (AvgIpc) is 2.92. The summed E-state index contributed by atoms with van der Waals surface area (Å²) in [7, 11) is 0. The lowest BCUT2D eigenvalue weighted by molar-refractivity contribution is -0.0432. The molecule has 0 aromatic rings. The van der Waals surface area contributed by atoms with Gasteiger partial charge in [0.1, 0.15) is 0 Å². The summed E-state index contributed by atoms with van der Waals surface area (Å²) in [4.78, 5) is 7.25. The molecule has 116 valence electrons. The van der Waals surface area contributed by atoms with E-state index in [0.717, 1.165) is 38.6 Å². The van der Waals surface area contributed by atoms with E-state index in [0.29, 0.717) is 12.1 Å². The SMILES string of the molecule is CCNC(=NCC1CN2CCCC2CO1)NC(C)CC. The van der Waals surface area contributed by atoms with Crippen molar-refractivity contribution in [2.75, 3.05) is 32.8 Å². The molecule has 5 nitrogen and oxygen atoms in total. The second kappa shape index (κ2) is 7.84. The van der Waals surface area contributed by atoms with Gasteiger partial charge in [-0.25, -0.2) is 0 Å². The predicted molar refractivity (Wildman–Crippen MR) is 83.2 cm³/mol. The first kappa shape index (κ1) is 15.6. The Hall–Kier alpha value is -0.810. The van der Waals surface area contributed by atoms with Crippen molar-refractivity contribution < 1.29 is 4.74 Å².